The number of amides is 1. The van der Waals surface area contributed by atoms with Crippen LogP contribution in [-0.2, 0) is 0 Å². The zero-order valence-corrected chi connectivity index (χ0v) is 11.6. The number of hydrogen-bond acceptors (Lipinski definition) is 3. The van der Waals surface area contributed by atoms with Crippen LogP contribution in [0, 0.1) is 0 Å². The van der Waals surface area contributed by atoms with Crippen LogP contribution in [0.5, 0.6) is 0 Å². The van der Waals surface area contributed by atoms with E-state index in [1.165, 1.54) is 21.7 Å². The van der Waals surface area contributed by atoms with Crippen molar-refractivity contribution in [3.05, 3.63) is 46.7 Å². The molecule has 0 radical (unpaired) electrons. The first kappa shape index (κ1) is 14.1. The zero-order valence-electron chi connectivity index (χ0n) is 10.9. The number of carboxylic acids is 1. The molecule has 7 heteroatoms. The van der Waals surface area contributed by atoms with Crippen LogP contribution in [0.4, 0.5) is 0 Å². The van der Waals surface area contributed by atoms with Crippen molar-refractivity contribution in [2.75, 3.05) is 14.1 Å². The molecule has 0 saturated heterocycles. The van der Waals surface area contributed by atoms with Gasteiger partial charge in [0.05, 0.1) is 16.3 Å². The van der Waals surface area contributed by atoms with Crippen molar-refractivity contribution in [3.8, 4) is 5.69 Å². The van der Waals surface area contributed by atoms with Crippen LogP contribution in [0.2, 0.25) is 5.02 Å². The second kappa shape index (κ2) is 5.34. The van der Waals surface area contributed by atoms with E-state index in [1.807, 2.05) is 0 Å². The molecule has 0 aliphatic carbocycles. The van der Waals surface area contributed by atoms with Gasteiger partial charge in [-0.05, 0) is 24.3 Å². The molecular formula is C13H12ClN3O3. The van der Waals surface area contributed by atoms with E-state index in [0.29, 0.717) is 11.4 Å². The van der Waals surface area contributed by atoms with E-state index >= 15 is 0 Å². The molecule has 0 saturated carbocycles. The van der Waals surface area contributed by atoms with E-state index in [4.69, 9.17) is 16.7 Å². The molecule has 104 valence electrons. The van der Waals surface area contributed by atoms with Gasteiger partial charge in [0.15, 0.2) is 5.69 Å². The molecule has 0 fully saturated rings. The second-order valence-corrected chi connectivity index (χ2v) is 4.72. The Hall–Kier alpha value is -2.34. The van der Waals surface area contributed by atoms with Crippen molar-refractivity contribution in [2.24, 2.45) is 0 Å². The molecule has 1 amide bonds. The Bertz CT molecular complexity index is 679. The number of carboxylic acid groups (broad SMARTS) is 1. The molecule has 0 unspecified atom stereocenters. The van der Waals surface area contributed by atoms with Gasteiger partial charge in [-0.15, -0.1) is 0 Å². The molecule has 1 aromatic heterocycles. The Balaban J connectivity index is 2.36. The lowest BCUT2D eigenvalue weighted by Crippen LogP contribution is -2.22. The van der Waals surface area contributed by atoms with Crippen molar-refractivity contribution in [1.82, 2.24) is 14.7 Å². The first-order chi connectivity index (χ1) is 9.40. The van der Waals surface area contributed by atoms with Crippen molar-refractivity contribution in [3.63, 3.8) is 0 Å². The molecule has 1 heterocycles. The maximum absolute atomic E-state index is 11.7. The Morgan fingerprint density at radius 2 is 2.00 bits per heavy atom. The third-order valence-corrected chi connectivity index (χ3v) is 2.97. The third kappa shape index (κ3) is 2.65. The summed E-state index contributed by atoms with van der Waals surface area (Å²) in [7, 11) is 3.28. The Morgan fingerprint density at radius 1 is 1.30 bits per heavy atom. The summed E-state index contributed by atoms with van der Waals surface area (Å²) in [5.41, 5.74) is 0.901. The van der Waals surface area contributed by atoms with E-state index in [0.717, 1.165) is 0 Å². The molecule has 1 aromatic carbocycles. The van der Waals surface area contributed by atoms with Gasteiger partial charge in [-0.2, -0.15) is 5.10 Å². The Labute approximate surface area is 120 Å². The minimum atomic E-state index is -1.09. The first-order valence-electron chi connectivity index (χ1n) is 5.70. The first-order valence-corrected chi connectivity index (χ1v) is 6.08. The van der Waals surface area contributed by atoms with Gasteiger partial charge in [0.25, 0.3) is 5.91 Å². The fourth-order valence-electron chi connectivity index (χ4n) is 1.63. The van der Waals surface area contributed by atoms with Gasteiger partial charge in [-0.1, -0.05) is 11.6 Å². The smallest absolute Gasteiger partial charge is 0.337 e. The van der Waals surface area contributed by atoms with Gasteiger partial charge in [0.2, 0.25) is 0 Å². The monoisotopic (exact) mass is 293 g/mol. The van der Waals surface area contributed by atoms with Gasteiger partial charge in [-0.25, -0.2) is 9.48 Å². The SMILES string of the molecule is CN(C)C(=O)c1ccn(-c2ccc(C(=O)O)c(Cl)c2)n1. The number of carbonyl (C=O) groups is 2. The zero-order chi connectivity index (χ0) is 14.9. The van der Waals surface area contributed by atoms with E-state index in [-0.39, 0.29) is 16.5 Å². The summed E-state index contributed by atoms with van der Waals surface area (Å²) in [6.07, 6.45) is 1.61. The Kier molecular flexibility index (Phi) is 3.76. The predicted molar refractivity (Wildman–Crippen MR) is 73.6 cm³/mol. The van der Waals surface area contributed by atoms with Crippen LogP contribution in [0.25, 0.3) is 5.69 Å². The normalized spacial score (nSPS) is 10.3. The van der Waals surface area contributed by atoms with Gasteiger partial charge in [0, 0.05) is 20.3 Å². The van der Waals surface area contributed by atoms with Gasteiger partial charge in [0.1, 0.15) is 0 Å². The number of aromatic nitrogens is 2. The molecule has 0 spiro atoms. The van der Waals surface area contributed by atoms with E-state index < -0.39 is 5.97 Å². The molecule has 0 atom stereocenters. The fourth-order valence-corrected chi connectivity index (χ4v) is 1.89. The van der Waals surface area contributed by atoms with E-state index in [2.05, 4.69) is 5.10 Å². The number of aromatic carboxylic acids is 1. The number of nitrogens with zero attached hydrogens (tertiary/aromatic N) is 3. The van der Waals surface area contributed by atoms with Crippen molar-refractivity contribution < 1.29 is 14.7 Å². The van der Waals surface area contributed by atoms with E-state index in [9.17, 15) is 9.59 Å². The summed E-state index contributed by atoms with van der Waals surface area (Å²) in [5.74, 6) is -1.30. The molecule has 2 aromatic rings. The minimum absolute atomic E-state index is 0.0205. The largest absolute Gasteiger partial charge is 0.478 e. The molecule has 20 heavy (non-hydrogen) atoms. The van der Waals surface area contributed by atoms with Crippen LogP contribution in [0.15, 0.2) is 30.5 Å². The second-order valence-electron chi connectivity index (χ2n) is 4.31. The molecule has 6 nitrogen and oxygen atoms in total. The number of carbonyl (C=O) groups excluding carboxylic acids is 1. The number of rotatable bonds is 3. The Morgan fingerprint density at radius 3 is 2.55 bits per heavy atom. The van der Waals surface area contributed by atoms with Crippen LogP contribution in [-0.4, -0.2) is 45.8 Å². The van der Waals surface area contributed by atoms with Gasteiger partial charge < -0.3 is 10.0 Å². The predicted octanol–water partition coefficient (Wildman–Crippen LogP) is 1.93. The van der Waals surface area contributed by atoms with Crippen LogP contribution in [0.1, 0.15) is 20.8 Å². The summed E-state index contributed by atoms with van der Waals surface area (Å²) >= 11 is 5.90. The molecule has 0 aliphatic heterocycles. The number of benzene rings is 1. The van der Waals surface area contributed by atoms with Crippen molar-refractivity contribution in [2.45, 2.75) is 0 Å². The van der Waals surface area contributed by atoms with E-state index in [1.54, 1.807) is 32.4 Å². The average molecular weight is 294 g/mol. The summed E-state index contributed by atoms with van der Waals surface area (Å²) in [6.45, 7) is 0. The summed E-state index contributed by atoms with van der Waals surface area (Å²) in [5, 5.41) is 13.2. The lowest BCUT2D eigenvalue weighted by Gasteiger charge is -2.07. The maximum Gasteiger partial charge on any atom is 0.337 e. The molecule has 2 rings (SSSR count). The lowest BCUT2D eigenvalue weighted by atomic mass is 10.2. The molecule has 1 N–H and O–H groups in total. The number of halogens is 1. The van der Waals surface area contributed by atoms with Crippen molar-refractivity contribution in [1.29, 1.82) is 0 Å². The van der Waals surface area contributed by atoms with Gasteiger partial charge >= 0.3 is 5.97 Å². The fraction of sp³-hybridized carbons (Fsp3) is 0.154. The maximum atomic E-state index is 11.7. The topological polar surface area (TPSA) is 75.4 Å². The highest BCUT2D eigenvalue weighted by Crippen LogP contribution is 2.20. The lowest BCUT2D eigenvalue weighted by molar-refractivity contribution is 0.0696. The van der Waals surface area contributed by atoms with Crippen LogP contribution in [0.3, 0.4) is 0 Å². The highest BCUT2D eigenvalue weighted by molar-refractivity contribution is 6.33. The molecule has 0 bridgehead atoms. The minimum Gasteiger partial charge on any atom is -0.478 e. The highest BCUT2D eigenvalue weighted by atomic mass is 35.5. The number of hydrogen-bond donors (Lipinski definition) is 1. The highest BCUT2D eigenvalue weighted by Gasteiger charge is 2.13. The van der Waals surface area contributed by atoms with Crippen LogP contribution >= 0.6 is 11.6 Å². The average Bonchev–Trinajstić information content (AvgIpc) is 2.86. The van der Waals surface area contributed by atoms with Crippen LogP contribution < -0.4 is 0 Å². The van der Waals surface area contributed by atoms with Crippen molar-refractivity contribution >= 4 is 23.5 Å². The van der Waals surface area contributed by atoms with Gasteiger partial charge in [-0.3, -0.25) is 4.79 Å². The summed E-state index contributed by atoms with van der Waals surface area (Å²) in [6, 6.07) is 6.05. The molecule has 0 aliphatic rings. The third-order valence-electron chi connectivity index (χ3n) is 2.66. The standard InChI is InChI=1S/C13H12ClN3O3/c1-16(2)12(18)11-5-6-17(15-11)8-3-4-9(13(19)20)10(14)7-8/h3-7H,1-2H3,(H,19,20). The molecular weight excluding hydrogens is 282 g/mol. The quantitative estimate of drug-likeness (QED) is 0.938. The summed E-state index contributed by atoms with van der Waals surface area (Å²) in [4.78, 5) is 24.1. The summed E-state index contributed by atoms with van der Waals surface area (Å²) < 4.78 is 1.47.